The highest BCUT2D eigenvalue weighted by Gasteiger charge is 2.59. The first-order chi connectivity index (χ1) is 14.9. The van der Waals surface area contributed by atoms with Crippen LogP contribution in [0.5, 0.6) is 0 Å². The number of anilines is 1. The number of halogens is 1. The van der Waals surface area contributed by atoms with Gasteiger partial charge in [0, 0.05) is 18.4 Å². The molecule has 31 heavy (non-hydrogen) atoms. The molecule has 3 heterocycles. The molecule has 156 valence electrons. The summed E-state index contributed by atoms with van der Waals surface area (Å²) in [6.07, 6.45) is 1.39. The third-order valence-corrected chi connectivity index (χ3v) is 6.08. The van der Waals surface area contributed by atoms with Crippen molar-refractivity contribution in [2.75, 3.05) is 11.9 Å². The highest BCUT2D eigenvalue weighted by molar-refractivity contribution is 6.08. The fourth-order valence-corrected chi connectivity index (χ4v) is 4.74. The maximum absolute atomic E-state index is 13.6. The second-order valence-electron chi connectivity index (χ2n) is 7.66. The van der Waals surface area contributed by atoms with Gasteiger partial charge in [-0.05, 0) is 35.7 Å². The Hall–Kier alpha value is -4.01. The lowest BCUT2D eigenvalue weighted by Gasteiger charge is -2.34. The van der Waals surface area contributed by atoms with Crippen LogP contribution in [0.3, 0.4) is 0 Å². The van der Waals surface area contributed by atoms with E-state index >= 15 is 0 Å². The summed E-state index contributed by atoms with van der Waals surface area (Å²) in [5.74, 6) is -1.32. The van der Waals surface area contributed by atoms with Crippen LogP contribution < -0.4 is 16.6 Å². The molecule has 3 aromatic rings. The van der Waals surface area contributed by atoms with E-state index in [0.29, 0.717) is 17.7 Å². The summed E-state index contributed by atoms with van der Waals surface area (Å²) < 4.78 is 13.6. The molecule has 1 fully saturated rings. The Labute approximate surface area is 174 Å². The van der Waals surface area contributed by atoms with Crippen LogP contribution in [0.1, 0.15) is 33.9 Å². The molecule has 0 saturated carbocycles. The molecular weight excluding hydrogens is 403 g/mol. The number of benzene rings is 2. The number of hydrogen-bond donors (Lipinski definition) is 3. The van der Waals surface area contributed by atoms with Gasteiger partial charge in [-0.3, -0.25) is 19.4 Å². The molecular formula is C22H17FN4O4. The third-order valence-electron chi connectivity index (χ3n) is 6.08. The number of likely N-dealkylation sites (tertiary alicyclic amines) is 1. The number of nitrogens with zero attached hydrogens (tertiary/aromatic N) is 1. The van der Waals surface area contributed by atoms with Crippen molar-refractivity contribution in [2.24, 2.45) is 0 Å². The summed E-state index contributed by atoms with van der Waals surface area (Å²) in [6, 6.07) is 12.1. The number of aromatic amines is 2. The van der Waals surface area contributed by atoms with E-state index in [0.717, 1.165) is 11.8 Å². The summed E-state index contributed by atoms with van der Waals surface area (Å²) >= 11 is 0. The Morgan fingerprint density at radius 1 is 1.06 bits per heavy atom. The number of carbonyl (C=O) groups excluding carboxylic acids is 2. The lowest BCUT2D eigenvalue weighted by Crippen LogP contribution is -2.44. The Morgan fingerprint density at radius 2 is 1.81 bits per heavy atom. The molecule has 1 spiro atoms. The van der Waals surface area contributed by atoms with Gasteiger partial charge in [-0.25, -0.2) is 9.18 Å². The number of rotatable bonds is 2. The number of aromatic nitrogens is 2. The smallest absolute Gasteiger partial charge is 0.325 e. The number of nitrogens with one attached hydrogen (secondary N) is 3. The summed E-state index contributed by atoms with van der Waals surface area (Å²) in [5, 5.41) is 2.89. The fraction of sp³-hybridized carbons (Fsp3) is 0.182. The van der Waals surface area contributed by atoms with Crippen LogP contribution in [0.15, 0.2) is 64.3 Å². The maximum atomic E-state index is 13.6. The Morgan fingerprint density at radius 3 is 2.55 bits per heavy atom. The van der Waals surface area contributed by atoms with Crippen LogP contribution in [0, 0.1) is 5.82 Å². The van der Waals surface area contributed by atoms with Crippen LogP contribution in [0.25, 0.3) is 0 Å². The first-order valence-corrected chi connectivity index (χ1v) is 9.71. The zero-order chi connectivity index (χ0) is 21.8. The summed E-state index contributed by atoms with van der Waals surface area (Å²) in [7, 11) is 0. The Kier molecular flexibility index (Phi) is 4.14. The molecule has 0 radical (unpaired) electrons. The van der Waals surface area contributed by atoms with Gasteiger partial charge < -0.3 is 15.2 Å². The van der Waals surface area contributed by atoms with Crippen LogP contribution in [0.4, 0.5) is 10.1 Å². The van der Waals surface area contributed by atoms with Crippen molar-refractivity contribution in [3.8, 4) is 0 Å². The largest absolute Gasteiger partial charge is 0.330 e. The zero-order valence-electron chi connectivity index (χ0n) is 16.1. The lowest BCUT2D eigenvalue weighted by molar-refractivity contribution is -0.121. The Bertz CT molecular complexity index is 1330. The molecule has 2 aliphatic rings. The van der Waals surface area contributed by atoms with Gasteiger partial charge in [-0.2, -0.15) is 0 Å². The van der Waals surface area contributed by atoms with E-state index in [1.807, 2.05) is 23.2 Å². The van der Waals surface area contributed by atoms with Gasteiger partial charge in [-0.15, -0.1) is 0 Å². The molecule has 2 atom stereocenters. The second kappa shape index (κ2) is 6.76. The van der Waals surface area contributed by atoms with Crippen molar-refractivity contribution >= 4 is 17.5 Å². The van der Waals surface area contributed by atoms with Crippen molar-refractivity contribution in [2.45, 2.75) is 17.9 Å². The normalized spacial score (nSPS) is 21.9. The molecule has 2 aliphatic heterocycles. The molecule has 1 aromatic heterocycles. The van der Waals surface area contributed by atoms with Gasteiger partial charge in [0.2, 0.25) is 5.91 Å². The first-order valence-electron chi connectivity index (χ1n) is 9.71. The van der Waals surface area contributed by atoms with E-state index < -0.39 is 34.4 Å². The molecule has 9 heteroatoms. The molecule has 2 amide bonds. The minimum absolute atomic E-state index is 0.196. The van der Waals surface area contributed by atoms with Crippen molar-refractivity contribution in [1.82, 2.24) is 14.9 Å². The summed E-state index contributed by atoms with van der Waals surface area (Å²) in [4.78, 5) is 56.1. The summed E-state index contributed by atoms with van der Waals surface area (Å²) in [5.41, 5.74) is -0.882. The molecule has 1 saturated heterocycles. The predicted molar refractivity (Wildman–Crippen MR) is 109 cm³/mol. The van der Waals surface area contributed by atoms with Gasteiger partial charge in [0.25, 0.3) is 11.5 Å². The van der Waals surface area contributed by atoms with Crippen molar-refractivity contribution in [3.05, 3.63) is 98.1 Å². The second-order valence-corrected chi connectivity index (χ2v) is 7.66. The van der Waals surface area contributed by atoms with Gasteiger partial charge in [-0.1, -0.05) is 30.3 Å². The predicted octanol–water partition coefficient (Wildman–Crippen LogP) is 1.68. The van der Waals surface area contributed by atoms with E-state index in [9.17, 15) is 23.6 Å². The van der Waals surface area contributed by atoms with Gasteiger partial charge >= 0.3 is 5.69 Å². The molecule has 5 rings (SSSR count). The van der Waals surface area contributed by atoms with E-state index in [-0.39, 0.29) is 18.0 Å². The highest BCUT2D eigenvalue weighted by atomic mass is 19.1. The molecule has 0 aliphatic carbocycles. The maximum Gasteiger partial charge on any atom is 0.325 e. The molecule has 2 aromatic carbocycles. The number of carbonyl (C=O) groups is 2. The molecule has 8 nitrogen and oxygen atoms in total. The fourth-order valence-electron chi connectivity index (χ4n) is 4.74. The summed E-state index contributed by atoms with van der Waals surface area (Å²) in [6.45, 7) is 0.196. The molecule has 0 bridgehead atoms. The first kappa shape index (κ1) is 19.0. The van der Waals surface area contributed by atoms with Crippen LogP contribution in [-0.2, 0) is 10.2 Å². The minimum Gasteiger partial charge on any atom is -0.330 e. The van der Waals surface area contributed by atoms with Crippen molar-refractivity contribution in [3.63, 3.8) is 0 Å². The van der Waals surface area contributed by atoms with Gasteiger partial charge in [0.15, 0.2) is 0 Å². The SMILES string of the molecule is O=C(c1c[nH]c(=O)[nH]c1=O)N1CCC2(C(=O)Nc3ccccc32)C1c1ccc(F)cc1. The van der Waals surface area contributed by atoms with E-state index in [1.54, 1.807) is 18.2 Å². The third kappa shape index (κ3) is 2.73. The monoisotopic (exact) mass is 420 g/mol. The van der Waals surface area contributed by atoms with Gasteiger partial charge in [0.05, 0.1) is 6.04 Å². The quantitative estimate of drug-likeness (QED) is 0.585. The number of fused-ring (bicyclic) bond motifs is 2. The van der Waals surface area contributed by atoms with Gasteiger partial charge in [0.1, 0.15) is 16.8 Å². The topological polar surface area (TPSA) is 115 Å². The van der Waals surface area contributed by atoms with Crippen molar-refractivity contribution < 1.29 is 14.0 Å². The number of amides is 2. The van der Waals surface area contributed by atoms with Crippen LogP contribution in [-0.4, -0.2) is 33.2 Å². The lowest BCUT2D eigenvalue weighted by atomic mass is 9.72. The average Bonchev–Trinajstić information content (AvgIpc) is 3.28. The van der Waals surface area contributed by atoms with E-state index in [1.165, 1.54) is 17.0 Å². The number of H-pyrrole nitrogens is 2. The van der Waals surface area contributed by atoms with Crippen LogP contribution in [0.2, 0.25) is 0 Å². The van der Waals surface area contributed by atoms with E-state index in [2.05, 4.69) is 10.3 Å². The number of hydrogen-bond acceptors (Lipinski definition) is 4. The molecule has 3 N–H and O–H groups in total. The van der Waals surface area contributed by atoms with E-state index in [4.69, 9.17) is 0 Å². The zero-order valence-corrected chi connectivity index (χ0v) is 16.1. The van der Waals surface area contributed by atoms with Crippen molar-refractivity contribution in [1.29, 1.82) is 0 Å². The molecule has 2 unspecified atom stereocenters. The highest BCUT2D eigenvalue weighted by Crippen LogP contribution is 2.54. The number of para-hydroxylation sites is 1. The van der Waals surface area contributed by atoms with Crippen LogP contribution >= 0.6 is 0 Å². The minimum atomic E-state index is -1.08. The Balaban J connectivity index is 1.69. The standard InChI is InChI=1S/C22H17FN4O4/c23-13-7-5-12(6-8-13)17-22(15-3-1-2-4-16(15)25-20(22)30)9-10-27(17)19(29)14-11-24-21(31)26-18(14)28/h1-8,11,17H,9-10H2,(H,25,30)(H2,24,26,28,31). The average molecular weight is 420 g/mol.